The molecule has 21 heavy (non-hydrogen) atoms. The molecule has 1 aliphatic heterocycles. The molecule has 1 saturated heterocycles. The van der Waals surface area contributed by atoms with Gasteiger partial charge in [0.25, 0.3) is 5.69 Å². The van der Waals surface area contributed by atoms with E-state index in [0.717, 1.165) is 19.5 Å². The summed E-state index contributed by atoms with van der Waals surface area (Å²) < 4.78 is 0.628. The van der Waals surface area contributed by atoms with E-state index in [-0.39, 0.29) is 5.69 Å². The van der Waals surface area contributed by atoms with Crippen LogP contribution in [-0.4, -0.2) is 40.5 Å². The van der Waals surface area contributed by atoms with Crippen LogP contribution in [-0.2, 0) is 0 Å². The Labute approximate surface area is 133 Å². The molecule has 0 spiro atoms. The minimum absolute atomic E-state index is 0.00503. The molecule has 0 bridgehead atoms. The van der Waals surface area contributed by atoms with Crippen LogP contribution >= 0.6 is 15.9 Å². The lowest BCUT2D eigenvalue weighted by atomic mass is 10.0. The van der Waals surface area contributed by atoms with Crippen molar-refractivity contribution in [1.29, 1.82) is 0 Å². The maximum Gasteiger partial charge on any atom is 0.288 e. The number of nitrogens with zero attached hydrogens (tertiary/aromatic N) is 3. The molecule has 1 unspecified atom stereocenters. The van der Waals surface area contributed by atoms with Crippen LogP contribution in [0.5, 0.6) is 0 Å². The lowest BCUT2D eigenvalue weighted by Gasteiger charge is -2.33. The van der Waals surface area contributed by atoms with E-state index in [0.29, 0.717) is 16.3 Å². The fraction of sp³-hybridized carbons (Fsp3) is 0.643. The van der Waals surface area contributed by atoms with E-state index >= 15 is 0 Å². The molecule has 6 nitrogen and oxygen atoms in total. The second kappa shape index (κ2) is 7.70. The summed E-state index contributed by atoms with van der Waals surface area (Å²) in [5.74, 6) is 0.660. The number of halogens is 1. The number of hydrogen-bond donors (Lipinski definition) is 1. The Morgan fingerprint density at radius 1 is 1.57 bits per heavy atom. The molecule has 1 N–H and O–H groups in total. The van der Waals surface area contributed by atoms with Crippen molar-refractivity contribution in [3.05, 3.63) is 26.9 Å². The first-order valence-corrected chi connectivity index (χ1v) is 8.15. The Hall–Kier alpha value is -1.21. The first kappa shape index (κ1) is 16.2. The number of pyridine rings is 1. The van der Waals surface area contributed by atoms with E-state index in [1.165, 1.54) is 38.1 Å². The number of likely N-dealkylation sites (tertiary alicyclic amines) is 1. The molecular weight excluding hydrogens is 336 g/mol. The molecule has 116 valence electrons. The van der Waals surface area contributed by atoms with Crippen LogP contribution in [0.2, 0.25) is 0 Å². The third-order valence-corrected chi connectivity index (χ3v) is 4.50. The van der Waals surface area contributed by atoms with E-state index in [9.17, 15) is 10.1 Å². The first-order valence-electron chi connectivity index (χ1n) is 7.36. The Balaban J connectivity index is 1.77. The largest absolute Gasteiger partial charge is 0.369 e. The highest BCUT2D eigenvalue weighted by atomic mass is 79.9. The van der Waals surface area contributed by atoms with Crippen LogP contribution in [0, 0.1) is 10.1 Å². The van der Waals surface area contributed by atoms with Crippen molar-refractivity contribution in [2.75, 3.05) is 25.0 Å². The zero-order chi connectivity index (χ0) is 15.2. The number of hydrogen-bond acceptors (Lipinski definition) is 5. The second-order valence-electron chi connectivity index (χ2n) is 5.44. The monoisotopic (exact) mass is 356 g/mol. The maximum atomic E-state index is 10.6. The number of piperidine rings is 1. The summed E-state index contributed by atoms with van der Waals surface area (Å²) in [6.07, 6.45) is 6.25. The van der Waals surface area contributed by atoms with Crippen LogP contribution in [0.3, 0.4) is 0 Å². The molecule has 0 amide bonds. The van der Waals surface area contributed by atoms with Crippen molar-refractivity contribution in [2.24, 2.45) is 0 Å². The fourth-order valence-electron chi connectivity index (χ4n) is 2.64. The van der Waals surface area contributed by atoms with Crippen molar-refractivity contribution < 1.29 is 4.92 Å². The third-order valence-electron chi connectivity index (χ3n) is 3.89. The number of rotatable bonds is 6. The van der Waals surface area contributed by atoms with Gasteiger partial charge in [0.1, 0.15) is 12.0 Å². The molecule has 1 aliphatic rings. The van der Waals surface area contributed by atoms with Crippen LogP contribution in [0.15, 0.2) is 16.7 Å². The van der Waals surface area contributed by atoms with Gasteiger partial charge in [-0.2, -0.15) is 0 Å². The minimum atomic E-state index is -0.445. The lowest BCUT2D eigenvalue weighted by Crippen LogP contribution is -2.38. The summed E-state index contributed by atoms with van der Waals surface area (Å²) in [6.45, 7) is 5.38. The molecule has 2 rings (SSSR count). The summed E-state index contributed by atoms with van der Waals surface area (Å²) in [4.78, 5) is 16.8. The van der Waals surface area contributed by atoms with Crippen LogP contribution in [0.4, 0.5) is 11.5 Å². The van der Waals surface area contributed by atoms with Gasteiger partial charge < -0.3 is 10.2 Å². The Morgan fingerprint density at radius 3 is 3.05 bits per heavy atom. The molecule has 0 aromatic carbocycles. The molecule has 0 aliphatic carbocycles. The van der Waals surface area contributed by atoms with Gasteiger partial charge in [0, 0.05) is 25.2 Å². The number of anilines is 1. The Kier molecular flexibility index (Phi) is 5.93. The van der Waals surface area contributed by atoms with E-state index < -0.39 is 4.92 Å². The van der Waals surface area contributed by atoms with Crippen molar-refractivity contribution in [3.8, 4) is 0 Å². The average Bonchev–Trinajstić information content (AvgIpc) is 2.46. The zero-order valence-electron chi connectivity index (χ0n) is 12.2. The summed E-state index contributed by atoms with van der Waals surface area (Å²) >= 11 is 3.31. The van der Waals surface area contributed by atoms with Gasteiger partial charge in [-0.3, -0.25) is 10.1 Å². The van der Waals surface area contributed by atoms with Gasteiger partial charge >= 0.3 is 0 Å². The van der Waals surface area contributed by atoms with Gasteiger partial charge in [-0.25, -0.2) is 4.98 Å². The highest BCUT2D eigenvalue weighted by Crippen LogP contribution is 2.24. The van der Waals surface area contributed by atoms with Crippen molar-refractivity contribution in [3.63, 3.8) is 0 Å². The molecule has 0 saturated carbocycles. The molecule has 1 atom stereocenters. The van der Waals surface area contributed by atoms with E-state index in [2.05, 4.69) is 38.1 Å². The summed E-state index contributed by atoms with van der Waals surface area (Å²) in [7, 11) is 0. The molecular formula is C14H21BrN4O2. The minimum Gasteiger partial charge on any atom is -0.369 e. The van der Waals surface area contributed by atoms with Crippen molar-refractivity contribution >= 4 is 27.4 Å². The standard InChI is InChI=1S/C14H21BrN4O2/c1-11-5-2-3-7-18(11)8-4-6-16-14-13(15)9-12(10-17-14)19(20)21/h9-11H,2-8H2,1H3,(H,16,17). The average molecular weight is 357 g/mol. The fourth-order valence-corrected chi connectivity index (χ4v) is 3.11. The predicted octanol–water partition coefficient (Wildman–Crippen LogP) is 3.43. The SMILES string of the molecule is CC1CCCCN1CCCNc1ncc([N+](=O)[O-])cc1Br. The van der Waals surface area contributed by atoms with E-state index in [1.807, 2.05) is 0 Å². The summed E-state index contributed by atoms with van der Waals surface area (Å²) in [5.41, 5.74) is -0.00503. The first-order chi connectivity index (χ1) is 10.1. The molecule has 1 aromatic heterocycles. The van der Waals surface area contributed by atoms with Crippen molar-refractivity contribution in [2.45, 2.75) is 38.6 Å². The molecule has 0 radical (unpaired) electrons. The van der Waals surface area contributed by atoms with Crippen LogP contribution in [0.1, 0.15) is 32.6 Å². The summed E-state index contributed by atoms with van der Waals surface area (Å²) in [5, 5.41) is 13.9. The highest BCUT2D eigenvalue weighted by Gasteiger charge is 2.17. The van der Waals surface area contributed by atoms with Gasteiger partial charge in [-0.1, -0.05) is 6.42 Å². The molecule has 2 heterocycles. The second-order valence-corrected chi connectivity index (χ2v) is 6.30. The van der Waals surface area contributed by atoms with E-state index in [1.54, 1.807) is 0 Å². The topological polar surface area (TPSA) is 71.3 Å². The van der Waals surface area contributed by atoms with Crippen molar-refractivity contribution in [1.82, 2.24) is 9.88 Å². The van der Waals surface area contributed by atoms with Gasteiger partial charge in [-0.05, 0) is 48.7 Å². The lowest BCUT2D eigenvalue weighted by molar-refractivity contribution is -0.385. The van der Waals surface area contributed by atoms with Gasteiger partial charge in [0.2, 0.25) is 0 Å². The van der Waals surface area contributed by atoms with E-state index in [4.69, 9.17) is 0 Å². The number of nitrogens with one attached hydrogen (secondary N) is 1. The zero-order valence-corrected chi connectivity index (χ0v) is 13.8. The smallest absolute Gasteiger partial charge is 0.288 e. The number of aromatic nitrogens is 1. The van der Waals surface area contributed by atoms with Gasteiger partial charge in [0.15, 0.2) is 0 Å². The highest BCUT2D eigenvalue weighted by molar-refractivity contribution is 9.10. The van der Waals surface area contributed by atoms with Gasteiger partial charge in [0.05, 0.1) is 9.40 Å². The quantitative estimate of drug-likeness (QED) is 0.480. The Morgan fingerprint density at radius 2 is 2.38 bits per heavy atom. The Bertz CT molecular complexity index is 498. The molecule has 1 fully saturated rings. The molecule has 7 heteroatoms. The normalized spacial score (nSPS) is 19.4. The third kappa shape index (κ3) is 4.64. The van der Waals surface area contributed by atoms with Gasteiger partial charge in [-0.15, -0.1) is 0 Å². The maximum absolute atomic E-state index is 10.6. The van der Waals surface area contributed by atoms with Crippen LogP contribution in [0.25, 0.3) is 0 Å². The summed E-state index contributed by atoms with van der Waals surface area (Å²) in [6, 6.07) is 2.16. The van der Waals surface area contributed by atoms with Crippen LogP contribution < -0.4 is 5.32 Å². The predicted molar refractivity (Wildman–Crippen MR) is 86.6 cm³/mol. The molecule has 1 aromatic rings. The number of nitro groups is 1.